The third-order valence-corrected chi connectivity index (χ3v) is 3.80. The minimum atomic E-state index is -0.154. The molecule has 0 radical (unpaired) electrons. The lowest BCUT2D eigenvalue weighted by Crippen LogP contribution is -2.28. The fourth-order valence-corrected chi connectivity index (χ4v) is 2.09. The molecule has 0 saturated heterocycles. The van der Waals surface area contributed by atoms with Crippen molar-refractivity contribution in [3.63, 3.8) is 0 Å². The molecule has 0 aliphatic carbocycles. The van der Waals surface area contributed by atoms with E-state index < -0.39 is 0 Å². The predicted octanol–water partition coefficient (Wildman–Crippen LogP) is 3.91. The van der Waals surface area contributed by atoms with E-state index in [1.807, 2.05) is 30.3 Å². The van der Waals surface area contributed by atoms with E-state index in [-0.39, 0.29) is 5.91 Å². The fraction of sp³-hybridized carbons (Fsp3) is 0.133. The number of halogens is 2. The number of carbonyl (C=O) groups excluding carboxylic acids is 1. The number of ether oxygens (including phenoxy) is 1. The maximum absolute atomic E-state index is 11.9. The third-order valence-electron chi connectivity index (χ3n) is 2.58. The van der Waals surface area contributed by atoms with Gasteiger partial charge in [-0.15, -0.1) is 0 Å². The molecule has 0 atom stereocenters. The number of para-hydroxylation sites is 1. The van der Waals surface area contributed by atoms with E-state index in [4.69, 9.17) is 16.3 Å². The summed E-state index contributed by atoms with van der Waals surface area (Å²) in [5.41, 5.74) is 0.556. The van der Waals surface area contributed by atoms with Crippen LogP contribution in [-0.4, -0.2) is 19.1 Å². The Morgan fingerprint density at radius 3 is 2.65 bits per heavy atom. The molecule has 3 nitrogen and oxygen atoms in total. The van der Waals surface area contributed by atoms with Crippen molar-refractivity contribution in [2.24, 2.45) is 0 Å². The Hall–Kier alpha value is -1.52. The van der Waals surface area contributed by atoms with Crippen molar-refractivity contribution >= 4 is 33.4 Å². The van der Waals surface area contributed by atoms with Crippen LogP contribution in [0.5, 0.6) is 5.75 Å². The number of nitrogens with one attached hydrogen (secondary N) is 1. The van der Waals surface area contributed by atoms with Crippen LogP contribution in [0.25, 0.3) is 0 Å². The van der Waals surface area contributed by atoms with Gasteiger partial charge in [-0.05, 0) is 46.3 Å². The predicted molar refractivity (Wildman–Crippen MR) is 83.4 cm³/mol. The molecule has 20 heavy (non-hydrogen) atoms. The first kappa shape index (κ1) is 14.9. The van der Waals surface area contributed by atoms with Crippen LogP contribution in [0.15, 0.2) is 53.0 Å². The van der Waals surface area contributed by atoms with Crippen molar-refractivity contribution in [3.05, 3.63) is 63.6 Å². The Bertz CT molecular complexity index is 590. The minimum Gasteiger partial charge on any atom is -0.492 e. The zero-order valence-electron chi connectivity index (χ0n) is 10.6. The minimum absolute atomic E-state index is 0.154. The molecule has 2 aromatic carbocycles. The number of amides is 1. The number of benzene rings is 2. The van der Waals surface area contributed by atoms with Gasteiger partial charge in [0.05, 0.1) is 11.6 Å². The van der Waals surface area contributed by atoms with Crippen LogP contribution in [0, 0.1) is 0 Å². The first-order chi connectivity index (χ1) is 9.66. The Kier molecular flexibility index (Phi) is 5.44. The summed E-state index contributed by atoms with van der Waals surface area (Å²) in [6.45, 7) is 0.860. The quantitative estimate of drug-likeness (QED) is 0.827. The summed E-state index contributed by atoms with van der Waals surface area (Å²) in [6.07, 6.45) is 0. The maximum atomic E-state index is 11.9. The largest absolute Gasteiger partial charge is 0.492 e. The summed E-state index contributed by atoms with van der Waals surface area (Å²) in [4.78, 5) is 11.9. The number of hydrogen-bond donors (Lipinski definition) is 1. The molecular formula is C15H13BrClNO2. The first-order valence-corrected chi connectivity index (χ1v) is 7.25. The number of rotatable bonds is 5. The van der Waals surface area contributed by atoms with Crippen LogP contribution in [-0.2, 0) is 0 Å². The first-order valence-electron chi connectivity index (χ1n) is 6.08. The van der Waals surface area contributed by atoms with Crippen LogP contribution in [0.1, 0.15) is 10.4 Å². The lowest BCUT2D eigenvalue weighted by molar-refractivity contribution is 0.0947. The molecule has 5 heteroatoms. The van der Waals surface area contributed by atoms with E-state index in [9.17, 15) is 4.79 Å². The van der Waals surface area contributed by atoms with Crippen LogP contribution in [0.4, 0.5) is 0 Å². The molecule has 0 aliphatic rings. The molecule has 0 aromatic heterocycles. The van der Waals surface area contributed by atoms with Gasteiger partial charge in [0.25, 0.3) is 5.91 Å². The molecule has 0 aliphatic heterocycles. The van der Waals surface area contributed by atoms with Gasteiger partial charge in [0, 0.05) is 10.0 Å². The van der Waals surface area contributed by atoms with Crippen LogP contribution in [0.2, 0.25) is 5.02 Å². The molecule has 2 rings (SSSR count). The highest BCUT2D eigenvalue weighted by atomic mass is 79.9. The maximum Gasteiger partial charge on any atom is 0.251 e. The molecule has 1 amide bonds. The molecule has 0 bridgehead atoms. The standard InChI is InChI=1S/C15H13BrClNO2/c16-13-10-11(6-7-14(13)17)15(19)18-8-9-20-12-4-2-1-3-5-12/h1-7,10H,8-9H2,(H,18,19). The van der Waals surface area contributed by atoms with Gasteiger partial charge in [0.2, 0.25) is 0 Å². The van der Waals surface area contributed by atoms with Gasteiger partial charge in [0.15, 0.2) is 0 Å². The summed E-state index contributed by atoms with van der Waals surface area (Å²) in [7, 11) is 0. The van der Waals surface area contributed by atoms with Crippen LogP contribution >= 0.6 is 27.5 Å². The van der Waals surface area contributed by atoms with Gasteiger partial charge in [-0.25, -0.2) is 0 Å². The molecule has 0 spiro atoms. The van der Waals surface area contributed by atoms with Gasteiger partial charge in [0.1, 0.15) is 12.4 Å². The molecule has 1 N–H and O–H groups in total. The topological polar surface area (TPSA) is 38.3 Å². The summed E-state index contributed by atoms with van der Waals surface area (Å²) in [5.74, 6) is 0.634. The van der Waals surface area contributed by atoms with E-state index in [1.165, 1.54) is 0 Å². The number of hydrogen-bond acceptors (Lipinski definition) is 2. The fourth-order valence-electron chi connectivity index (χ4n) is 1.59. The van der Waals surface area contributed by atoms with E-state index in [0.29, 0.717) is 28.2 Å². The summed E-state index contributed by atoms with van der Waals surface area (Å²) >= 11 is 9.17. The normalized spacial score (nSPS) is 10.1. The molecule has 2 aromatic rings. The van der Waals surface area contributed by atoms with Gasteiger partial charge in [-0.1, -0.05) is 29.8 Å². The van der Waals surface area contributed by atoms with Crippen LogP contribution in [0.3, 0.4) is 0 Å². The number of carbonyl (C=O) groups is 1. The van der Waals surface area contributed by atoms with Gasteiger partial charge in [-0.2, -0.15) is 0 Å². The highest BCUT2D eigenvalue weighted by molar-refractivity contribution is 9.10. The molecule has 0 heterocycles. The Labute approximate surface area is 131 Å². The average molecular weight is 355 g/mol. The van der Waals surface area contributed by atoms with Gasteiger partial charge in [-0.3, -0.25) is 4.79 Å². The van der Waals surface area contributed by atoms with E-state index in [2.05, 4.69) is 21.2 Å². The van der Waals surface area contributed by atoms with Crippen molar-refractivity contribution in [3.8, 4) is 5.75 Å². The second-order valence-electron chi connectivity index (χ2n) is 4.05. The van der Waals surface area contributed by atoms with Crippen molar-refractivity contribution in [1.82, 2.24) is 5.32 Å². The molecule has 0 fully saturated rings. The average Bonchev–Trinajstić information content (AvgIpc) is 2.47. The lowest BCUT2D eigenvalue weighted by Gasteiger charge is -2.08. The highest BCUT2D eigenvalue weighted by Crippen LogP contribution is 2.23. The molecule has 104 valence electrons. The Morgan fingerprint density at radius 2 is 1.95 bits per heavy atom. The van der Waals surface area contributed by atoms with Crippen molar-refractivity contribution < 1.29 is 9.53 Å². The zero-order chi connectivity index (χ0) is 14.4. The molecule has 0 saturated carbocycles. The Balaban J connectivity index is 1.79. The van der Waals surface area contributed by atoms with E-state index in [0.717, 1.165) is 5.75 Å². The van der Waals surface area contributed by atoms with E-state index in [1.54, 1.807) is 18.2 Å². The molecule has 0 unspecified atom stereocenters. The van der Waals surface area contributed by atoms with Crippen molar-refractivity contribution in [2.75, 3.05) is 13.2 Å². The lowest BCUT2D eigenvalue weighted by atomic mass is 10.2. The second-order valence-corrected chi connectivity index (χ2v) is 5.31. The van der Waals surface area contributed by atoms with Gasteiger partial charge >= 0.3 is 0 Å². The Morgan fingerprint density at radius 1 is 1.20 bits per heavy atom. The summed E-state index contributed by atoms with van der Waals surface area (Å²) < 4.78 is 6.19. The van der Waals surface area contributed by atoms with Crippen molar-refractivity contribution in [2.45, 2.75) is 0 Å². The monoisotopic (exact) mass is 353 g/mol. The highest BCUT2D eigenvalue weighted by Gasteiger charge is 2.07. The SMILES string of the molecule is O=C(NCCOc1ccccc1)c1ccc(Cl)c(Br)c1. The third kappa shape index (κ3) is 4.25. The second kappa shape index (κ2) is 7.31. The van der Waals surface area contributed by atoms with Crippen LogP contribution < -0.4 is 10.1 Å². The van der Waals surface area contributed by atoms with E-state index >= 15 is 0 Å². The summed E-state index contributed by atoms with van der Waals surface area (Å²) in [5, 5.41) is 3.37. The van der Waals surface area contributed by atoms with Gasteiger partial charge < -0.3 is 10.1 Å². The molecular weight excluding hydrogens is 342 g/mol. The zero-order valence-corrected chi connectivity index (χ0v) is 12.9. The summed E-state index contributed by atoms with van der Waals surface area (Å²) in [6, 6.07) is 14.5. The van der Waals surface area contributed by atoms with Crippen molar-refractivity contribution in [1.29, 1.82) is 0 Å². The smallest absolute Gasteiger partial charge is 0.251 e.